The SMILES string of the molecule is C#CCCCCNC(=O)c1ccc(C)o1. The van der Waals surface area contributed by atoms with E-state index in [1.807, 2.05) is 6.92 Å². The molecular weight excluding hydrogens is 190 g/mol. The van der Waals surface area contributed by atoms with Gasteiger partial charge in [-0.05, 0) is 31.9 Å². The molecule has 0 aliphatic heterocycles. The number of carbonyl (C=O) groups is 1. The molecule has 0 unspecified atom stereocenters. The molecule has 0 aromatic carbocycles. The number of furan rings is 1. The number of aryl methyl sites for hydroxylation is 1. The maximum absolute atomic E-state index is 11.4. The second-order valence-corrected chi connectivity index (χ2v) is 3.33. The Morgan fingerprint density at radius 3 is 2.93 bits per heavy atom. The van der Waals surface area contributed by atoms with Gasteiger partial charge in [-0.3, -0.25) is 4.79 Å². The van der Waals surface area contributed by atoms with E-state index in [4.69, 9.17) is 10.8 Å². The highest BCUT2D eigenvalue weighted by atomic mass is 16.3. The zero-order chi connectivity index (χ0) is 11.1. The Hall–Kier alpha value is -1.69. The number of terminal acetylenes is 1. The predicted molar refractivity (Wildman–Crippen MR) is 58.5 cm³/mol. The van der Waals surface area contributed by atoms with Gasteiger partial charge in [0.25, 0.3) is 5.91 Å². The van der Waals surface area contributed by atoms with Crippen LogP contribution in [0.4, 0.5) is 0 Å². The fourth-order valence-corrected chi connectivity index (χ4v) is 1.20. The van der Waals surface area contributed by atoms with E-state index < -0.39 is 0 Å². The fourth-order valence-electron chi connectivity index (χ4n) is 1.20. The molecular formula is C12H15NO2. The van der Waals surface area contributed by atoms with Crippen LogP contribution in [-0.2, 0) is 0 Å². The highest BCUT2D eigenvalue weighted by molar-refractivity contribution is 5.91. The summed E-state index contributed by atoms with van der Waals surface area (Å²) in [5, 5.41) is 2.77. The van der Waals surface area contributed by atoms with Crippen molar-refractivity contribution < 1.29 is 9.21 Å². The van der Waals surface area contributed by atoms with Gasteiger partial charge in [-0.1, -0.05) is 0 Å². The van der Waals surface area contributed by atoms with Crippen molar-refractivity contribution in [3.8, 4) is 12.3 Å². The van der Waals surface area contributed by atoms with Crippen LogP contribution in [0.5, 0.6) is 0 Å². The van der Waals surface area contributed by atoms with Gasteiger partial charge in [0.15, 0.2) is 5.76 Å². The van der Waals surface area contributed by atoms with Crippen LogP contribution in [0.15, 0.2) is 16.5 Å². The number of amides is 1. The number of nitrogens with one attached hydrogen (secondary N) is 1. The third kappa shape index (κ3) is 3.90. The maximum Gasteiger partial charge on any atom is 0.286 e. The molecule has 0 fully saturated rings. The predicted octanol–water partition coefficient (Wildman–Crippen LogP) is 2.12. The first-order valence-electron chi connectivity index (χ1n) is 5.02. The number of hydrogen-bond acceptors (Lipinski definition) is 2. The molecule has 15 heavy (non-hydrogen) atoms. The number of rotatable bonds is 5. The van der Waals surface area contributed by atoms with Crippen LogP contribution in [0.2, 0.25) is 0 Å². The highest BCUT2D eigenvalue weighted by Crippen LogP contribution is 2.05. The van der Waals surface area contributed by atoms with Crippen LogP contribution in [0.1, 0.15) is 35.6 Å². The monoisotopic (exact) mass is 205 g/mol. The van der Waals surface area contributed by atoms with Gasteiger partial charge in [-0.2, -0.15) is 0 Å². The Morgan fingerprint density at radius 1 is 1.53 bits per heavy atom. The summed E-state index contributed by atoms with van der Waals surface area (Å²) in [7, 11) is 0. The van der Waals surface area contributed by atoms with Crippen LogP contribution in [-0.4, -0.2) is 12.5 Å². The van der Waals surface area contributed by atoms with Crippen LogP contribution < -0.4 is 5.32 Å². The molecule has 0 aliphatic carbocycles. The molecule has 80 valence electrons. The van der Waals surface area contributed by atoms with Crippen molar-refractivity contribution in [1.82, 2.24) is 5.32 Å². The molecule has 1 N–H and O–H groups in total. The van der Waals surface area contributed by atoms with Crippen LogP contribution in [0.3, 0.4) is 0 Å². The van der Waals surface area contributed by atoms with Gasteiger partial charge < -0.3 is 9.73 Å². The van der Waals surface area contributed by atoms with Crippen LogP contribution in [0, 0.1) is 19.3 Å². The summed E-state index contributed by atoms with van der Waals surface area (Å²) >= 11 is 0. The first-order chi connectivity index (χ1) is 7.24. The Balaban J connectivity index is 2.23. The van der Waals surface area contributed by atoms with Gasteiger partial charge in [0.1, 0.15) is 5.76 Å². The Labute approximate surface area is 89.9 Å². The molecule has 1 aromatic rings. The van der Waals surface area contributed by atoms with Gasteiger partial charge >= 0.3 is 0 Å². The van der Waals surface area contributed by atoms with Crippen molar-refractivity contribution >= 4 is 5.91 Å². The molecule has 1 amide bonds. The van der Waals surface area contributed by atoms with Crippen molar-refractivity contribution in [3.63, 3.8) is 0 Å². The Morgan fingerprint density at radius 2 is 2.33 bits per heavy atom. The molecule has 3 nitrogen and oxygen atoms in total. The molecule has 0 saturated carbocycles. The third-order valence-corrected chi connectivity index (χ3v) is 2.00. The van der Waals surface area contributed by atoms with Gasteiger partial charge in [-0.15, -0.1) is 12.3 Å². The second-order valence-electron chi connectivity index (χ2n) is 3.33. The average Bonchev–Trinajstić information content (AvgIpc) is 2.64. The van der Waals surface area contributed by atoms with E-state index in [0.29, 0.717) is 12.3 Å². The first-order valence-corrected chi connectivity index (χ1v) is 5.02. The average molecular weight is 205 g/mol. The minimum absolute atomic E-state index is 0.163. The molecule has 0 atom stereocenters. The fraction of sp³-hybridized carbons (Fsp3) is 0.417. The minimum atomic E-state index is -0.163. The van der Waals surface area contributed by atoms with Crippen molar-refractivity contribution in [1.29, 1.82) is 0 Å². The summed E-state index contributed by atoms with van der Waals surface area (Å²) < 4.78 is 5.18. The quantitative estimate of drug-likeness (QED) is 0.591. The second kappa shape index (κ2) is 5.92. The zero-order valence-electron chi connectivity index (χ0n) is 8.88. The number of hydrogen-bond donors (Lipinski definition) is 1. The standard InChI is InChI=1S/C12H15NO2/c1-3-4-5-6-9-13-12(14)11-8-7-10(2)15-11/h1,7-8H,4-6,9H2,2H3,(H,13,14). The maximum atomic E-state index is 11.4. The van der Waals surface area contributed by atoms with Crippen LogP contribution in [0.25, 0.3) is 0 Å². The first kappa shape index (κ1) is 11.4. The topological polar surface area (TPSA) is 42.2 Å². The van der Waals surface area contributed by atoms with Gasteiger partial charge in [-0.25, -0.2) is 0 Å². The molecule has 0 aliphatic rings. The van der Waals surface area contributed by atoms with E-state index in [2.05, 4.69) is 11.2 Å². The normalized spacial score (nSPS) is 9.60. The number of carbonyl (C=O) groups excluding carboxylic acids is 1. The molecule has 1 aromatic heterocycles. The van der Waals surface area contributed by atoms with Crippen molar-refractivity contribution in [3.05, 3.63) is 23.7 Å². The summed E-state index contributed by atoms with van der Waals surface area (Å²) in [6, 6.07) is 3.44. The summed E-state index contributed by atoms with van der Waals surface area (Å²) in [5.41, 5.74) is 0. The third-order valence-electron chi connectivity index (χ3n) is 2.00. The van der Waals surface area contributed by atoms with Crippen molar-refractivity contribution in [2.75, 3.05) is 6.54 Å². The molecule has 0 spiro atoms. The van der Waals surface area contributed by atoms with Crippen LogP contribution >= 0.6 is 0 Å². The largest absolute Gasteiger partial charge is 0.456 e. The van der Waals surface area contributed by atoms with Gasteiger partial charge in [0.2, 0.25) is 0 Å². The summed E-state index contributed by atoms with van der Waals surface area (Å²) in [5.74, 6) is 3.50. The molecule has 1 heterocycles. The number of unbranched alkanes of at least 4 members (excludes halogenated alkanes) is 2. The van der Waals surface area contributed by atoms with E-state index in [0.717, 1.165) is 25.0 Å². The summed E-state index contributed by atoms with van der Waals surface area (Å²) in [6.45, 7) is 2.45. The van der Waals surface area contributed by atoms with Crippen molar-refractivity contribution in [2.24, 2.45) is 0 Å². The summed E-state index contributed by atoms with van der Waals surface area (Å²) in [4.78, 5) is 11.4. The molecule has 0 radical (unpaired) electrons. The van der Waals surface area contributed by atoms with E-state index in [1.165, 1.54) is 0 Å². The lowest BCUT2D eigenvalue weighted by Crippen LogP contribution is -2.23. The molecule has 3 heteroatoms. The molecule has 0 bridgehead atoms. The zero-order valence-corrected chi connectivity index (χ0v) is 8.88. The van der Waals surface area contributed by atoms with E-state index in [-0.39, 0.29) is 5.91 Å². The lowest BCUT2D eigenvalue weighted by Gasteiger charge is -2.01. The van der Waals surface area contributed by atoms with E-state index in [1.54, 1.807) is 12.1 Å². The minimum Gasteiger partial charge on any atom is -0.456 e. The van der Waals surface area contributed by atoms with E-state index in [9.17, 15) is 4.79 Å². The van der Waals surface area contributed by atoms with E-state index >= 15 is 0 Å². The Bertz CT molecular complexity index is 360. The highest BCUT2D eigenvalue weighted by Gasteiger charge is 2.07. The summed E-state index contributed by atoms with van der Waals surface area (Å²) in [6.07, 6.45) is 7.71. The lowest BCUT2D eigenvalue weighted by atomic mass is 10.2. The smallest absolute Gasteiger partial charge is 0.286 e. The van der Waals surface area contributed by atoms with Crippen molar-refractivity contribution in [2.45, 2.75) is 26.2 Å². The lowest BCUT2D eigenvalue weighted by molar-refractivity contribution is 0.0924. The van der Waals surface area contributed by atoms with Gasteiger partial charge in [0, 0.05) is 13.0 Å². The molecule has 1 rings (SSSR count). The molecule has 0 saturated heterocycles. The Kier molecular flexibility index (Phi) is 4.49. The van der Waals surface area contributed by atoms with Gasteiger partial charge in [0.05, 0.1) is 0 Å².